The van der Waals surface area contributed by atoms with Crippen LogP contribution in [0.2, 0.25) is 0 Å². The van der Waals surface area contributed by atoms with Gasteiger partial charge in [-0.2, -0.15) is 0 Å². The van der Waals surface area contributed by atoms with Gasteiger partial charge in [-0.25, -0.2) is 4.79 Å². The van der Waals surface area contributed by atoms with Crippen LogP contribution in [0.3, 0.4) is 0 Å². The van der Waals surface area contributed by atoms with E-state index in [2.05, 4.69) is 17.6 Å². The second kappa shape index (κ2) is 11.8. The Kier molecular flexibility index (Phi) is 8.36. The number of carbonyl (C=O) groups excluding carboxylic acids is 2. The fraction of sp³-hybridized carbons (Fsp3) is 0.429. The summed E-state index contributed by atoms with van der Waals surface area (Å²) in [7, 11) is 0. The van der Waals surface area contributed by atoms with E-state index in [-0.39, 0.29) is 36.5 Å². The Morgan fingerprint density at radius 1 is 0.917 bits per heavy atom. The zero-order chi connectivity index (χ0) is 25.5. The summed E-state index contributed by atoms with van der Waals surface area (Å²) in [6.07, 6.45) is 6.75. The maximum Gasteiger partial charge on any atom is 0.331 e. The van der Waals surface area contributed by atoms with Gasteiger partial charge in [0.15, 0.2) is 0 Å². The summed E-state index contributed by atoms with van der Waals surface area (Å²) >= 11 is 0. The first-order chi connectivity index (χ1) is 17.5. The molecule has 1 aliphatic carbocycles. The van der Waals surface area contributed by atoms with Crippen LogP contribution in [0.1, 0.15) is 57.4 Å². The number of nitrogens with one attached hydrogen (secondary N) is 2. The van der Waals surface area contributed by atoms with Gasteiger partial charge in [0.05, 0.1) is 10.9 Å². The van der Waals surface area contributed by atoms with E-state index < -0.39 is 5.69 Å². The van der Waals surface area contributed by atoms with Gasteiger partial charge in [0.25, 0.3) is 5.56 Å². The minimum Gasteiger partial charge on any atom is -0.353 e. The van der Waals surface area contributed by atoms with Gasteiger partial charge in [0.2, 0.25) is 11.8 Å². The molecule has 0 spiro atoms. The van der Waals surface area contributed by atoms with E-state index in [1.165, 1.54) is 14.7 Å². The number of hydrogen-bond donors (Lipinski definition) is 2. The summed E-state index contributed by atoms with van der Waals surface area (Å²) in [5.41, 5.74) is 1.34. The van der Waals surface area contributed by atoms with Crippen molar-refractivity contribution in [1.82, 2.24) is 14.5 Å². The predicted octanol–water partition coefficient (Wildman–Crippen LogP) is 3.59. The third-order valence-corrected chi connectivity index (χ3v) is 6.84. The van der Waals surface area contributed by atoms with Crippen molar-refractivity contribution < 1.29 is 9.59 Å². The van der Waals surface area contributed by atoms with Crippen LogP contribution in [0, 0.1) is 0 Å². The van der Waals surface area contributed by atoms with Crippen molar-refractivity contribution in [3.05, 3.63) is 74.9 Å². The minimum atomic E-state index is -0.523. The Labute approximate surface area is 210 Å². The fourth-order valence-electron chi connectivity index (χ4n) is 4.81. The Bertz CT molecular complexity index is 1330. The number of aromatic nitrogens is 2. The molecule has 2 amide bonds. The molecule has 1 aromatic heterocycles. The van der Waals surface area contributed by atoms with Gasteiger partial charge in [-0.05, 0) is 61.9 Å². The molecule has 1 aliphatic rings. The van der Waals surface area contributed by atoms with Gasteiger partial charge in [-0.3, -0.25) is 23.5 Å². The van der Waals surface area contributed by atoms with Crippen LogP contribution in [0.4, 0.5) is 5.69 Å². The average Bonchev–Trinajstić information content (AvgIpc) is 3.39. The largest absolute Gasteiger partial charge is 0.353 e. The lowest BCUT2D eigenvalue weighted by atomic mass is 10.1. The van der Waals surface area contributed by atoms with Crippen molar-refractivity contribution in [1.29, 1.82) is 0 Å². The third-order valence-electron chi connectivity index (χ3n) is 6.84. The Balaban J connectivity index is 1.46. The highest BCUT2D eigenvalue weighted by atomic mass is 16.2. The highest BCUT2D eigenvalue weighted by molar-refractivity contribution is 5.91. The molecular weight excluding hydrogens is 456 g/mol. The second-order valence-electron chi connectivity index (χ2n) is 9.45. The lowest BCUT2D eigenvalue weighted by molar-refractivity contribution is -0.122. The highest BCUT2D eigenvalue weighted by Crippen LogP contribution is 2.18. The van der Waals surface area contributed by atoms with Gasteiger partial charge in [-0.1, -0.05) is 44.0 Å². The monoisotopic (exact) mass is 490 g/mol. The van der Waals surface area contributed by atoms with E-state index in [0.717, 1.165) is 32.1 Å². The number of para-hydroxylation sites is 1. The maximum atomic E-state index is 13.3. The van der Waals surface area contributed by atoms with Crippen molar-refractivity contribution in [3.8, 4) is 0 Å². The molecule has 3 aromatic rings. The van der Waals surface area contributed by atoms with E-state index in [0.29, 0.717) is 35.9 Å². The van der Waals surface area contributed by atoms with E-state index in [1.807, 2.05) is 24.3 Å². The molecule has 0 unspecified atom stereocenters. The Hall–Kier alpha value is -3.68. The predicted molar refractivity (Wildman–Crippen MR) is 141 cm³/mol. The van der Waals surface area contributed by atoms with E-state index in [1.54, 1.807) is 24.3 Å². The molecule has 8 heteroatoms. The van der Waals surface area contributed by atoms with Gasteiger partial charge in [-0.15, -0.1) is 0 Å². The third kappa shape index (κ3) is 6.11. The van der Waals surface area contributed by atoms with Crippen LogP contribution in [-0.4, -0.2) is 27.0 Å². The normalized spacial score (nSPS) is 13.7. The van der Waals surface area contributed by atoms with Crippen molar-refractivity contribution in [2.24, 2.45) is 0 Å². The number of aryl methyl sites for hydroxylation is 1. The molecule has 0 aliphatic heterocycles. The van der Waals surface area contributed by atoms with Crippen LogP contribution >= 0.6 is 0 Å². The van der Waals surface area contributed by atoms with Crippen LogP contribution in [-0.2, 0) is 29.1 Å². The topological polar surface area (TPSA) is 102 Å². The lowest BCUT2D eigenvalue weighted by Gasteiger charge is -2.15. The highest BCUT2D eigenvalue weighted by Gasteiger charge is 2.18. The van der Waals surface area contributed by atoms with Gasteiger partial charge < -0.3 is 10.6 Å². The molecule has 0 radical (unpaired) electrons. The maximum absolute atomic E-state index is 13.3. The average molecular weight is 491 g/mol. The van der Waals surface area contributed by atoms with Crippen molar-refractivity contribution in [3.63, 3.8) is 0 Å². The summed E-state index contributed by atoms with van der Waals surface area (Å²) in [5, 5.41) is 6.28. The van der Waals surface area contributed by atoms with Crippen LogP contribution in [0.15, 0.2) is 58.1 Å². The number of anilines is 1. The smallest absolute Gasteiger partial charge is 0.331 e. The zero-order valence-electron chi connectivity index (χ0n) is 20.8. The Morgan fingerprint density at radius 3 is 2.36 bits per heavy atom. The SMILES string of the molecule is CCc1ccc(NC(=O)Cn2c(=O)n(CCCCC(=O)NC3CCCC3)c(=O)c3ccccc32)cc1. The number of hydrogen-bond acceptors (Lipinski definition) is 4. The molecular formula is C28H34N4O4. The molecule has 4 rings (SSSR count). The number of fused-ring (bicyclic) bond motifs is 1. The first-order valence-electron chi connectivity index (χ1n) is 12.9. The quantitative estimate of drug-likeness (QED) is 0.424. The summed E-state index contributed by atoms with van der Waals surface area (Å²) in [4.78, 5) is 51.4. The van der Waals surface area contributed by atoms with Crippen molar-refractivity contribution in [2.45, 2.75) is 77.4 Å². The minimum absolute atomic E-state index is 0.0220. The number of rotatable bonds is 10. The zero-order valence-corrected chi connectivity index (χ0v) is 20.8. The van der Waals surface area contributed by atoms with Gasteiger partial charge in [0, 0.05) is 24.7 Å². The van der Waals surface area contributed by atoms with Gasteiger partial charge in [0.1, 0.15) is 6.54 Å². The number of carbonyl (C=O) groups is 2. The molecule has 8 nitrogen and oxygen atoms in total. The molecule has 0 saturated heterocycles. The van der Waals surface area contributed by atoms with Crippen LogP contribution in [0.25, 0.3) is 10.9 Å². The lowest BCUT2D eigenvalue weighted by Crippen LogP contribution is -2.41. The molecule has 190 valence electrons. The van der Waals surface area contributed by atoms with E-state index >= 15 is 0 Å². The van der Waals surface area contributed by atoms with Gasteiger partial charge >= 0.3 is 5.69 Å². The summed E-state index contributed by atoms with van der Waals surface area (Å²) < 4.78 is 2.53. The summed E-state index contributed by atoms with van der Waals surface area (Å²) in [6.45, 7) is 2.05. The molecule has 1 fully saturated rings. The molecule has 0 bridgehead atoms. The number of unbranched alkanes of at least 4 members (excludes halogenated alkanes) is 1. The second-order valence-corrected chi connectivity index (χ2v) is 9.45. The first kappa shape index (κ1) is 25.4. The van der Waals surface area contributed by atoms with Crippen LogP contribution < -0.4 is 21.9 Å². The number of amides is 2. The van der Waals surface area contributed by atoms with E-state index in [4.69, 9.17) is 0 Å². The van der Waals surface area contributed by atoms with E-state index in [9.17, 15) is 19.2 Å². The molecule has 0 atom stereocenters. The number of benzene rings is 2. The Morgan fingerprint density at radius 2 is 1.64 bits per heavy atom. The first-order valence-corrected chi connectivity index (χ1v) is 12.9. The van der Waals surface area contributed by atoms with Crippen LogP contribution in [0.5, 0.6) is 0 Å². The number of nitrogens with zero attached hydrogens (tertiary/aromatic N) is 2. The molecule has 2 aromatic carbocycles. The molecule has 1 heterocycles. The molecule has 1 saturated carbocycles. The summed E-state index contributed by atoms with van der Waals surface area (Å²) in [5.74, 6) is -0.325. The van der Waals surface area contributed by atoms with Crippen molar-refractivity contribution >= 4 is 28.4 Å². The standard InChI is InChI=1S/C28H34N4O4/c1-2-20-14-16-22(17-15-20)30-26(34)19-32-24-12-6-5-11-23(24)27(35)31(28(32)36)18-8-7-13-25(33)29-21-9-3-4-10-21/h5-6,11-12,14-17,21H,2-4,7-10,13,18-19H2,1H3,(H,29,33)(H,30,34). The molecule has 2 N–H and O–H groups in total. The fourth-order valence-corrected chi connectivity index (χ4v) is 4.81. The molecule has 36 heavy (non-hydrogen) atoms. The van der Waals surface area contributed by atoms with Crippen molar-refractivity contribution in [2.75, 3.05) is 5.32 Å². The summed E-state index contributed by atoms with van der Waals surface area (Å²) in [6, 6.07) is 14.7.